The fraction of sp³-hybridized carbons (Fsp3) is 0.455. The van der Waals surface area contributed by atoms with Gasteiger partial charge in [0.15, 0.2) is 0 Å². The third-order valence-electron chi connectivity index (χ3n) is 2.36. The number of hydrogen-bond acceptors (Lipinski definition) is 3. The Bertz CT molecular complexity index is 399. The van der Waals surface area contributed by atoms with E-state index >= 15 is 0 Å². The van der Waals surface area contributed by atoms with Crippen LogP contribution in [-0.4, -0.2) is 28.6 Å². The van der Waals surface area contributed by atoms with Crippen molar-refractivity contribution in [3.05, 3.63) is 28.0 Å². The monoisotopic (exact) mass is 276 g/mol. The third kappa shape index (κ3) is 4.15. The van der Waals surface area contributed by atoms with Crippen molar-refractivity contribution < 1.29 is 9.90 Å². The minimum Gasteiger partial charge on any atom is -0.396 e. The Labute approximate surface area is 110 Å². The molecule has 0 spiro atoms. The molecule has 0 bridgehead atoms. The van der Waals surface area contributed by atoms with Crippen LogP contribution in [0.3, 0.4) is 0 Å². The van der Waals surface area contributed by atoms with E-state index in [9.17, 15) is 4.79 Å². The third-order valence-corrected chi connectivity index (χ3v) is 2.86. The number of rotatable bonds is 5. The molecule has 1 aromatic heterocycles. The summed E-state index contributed by atoms with van der Waals surface area (Å²) in [6.07, 6.45) is 1.26. The van der Waals surface area contributed by atoms with E-state index in [1.54, 1.807) is 0 Å². The molecule has 0 aromatic carbocycles. The first kappa shape index (κ1) is 14.2. The highest BCUT2D eigenvalue weighted by Gasteiger charge is 2.15. The molecule has 0 aliphatic rings. The average Bonchev–Trinajstić information content (AvgIpc) is 2.28. The zero-order chi connectivity index (χ0) is 12.8. The highest BCUT2D eigenvalue weighted by atomic mass is 35.5. The molecule has 0 aliphatic carbocycles. The van der Waals surface area contributed by atoms with Gasteiger partial charge in [-0.15, -0.1) is 0 Å². The van der Waals surface area contributed by atoms with E-state index in [0.717, 1.165) is 6.42 Å². The molecule has 6 heteroatoms. The minimum atomic E-state index is -0.306. The minimum absolute atomic E-state index is 0.0331. The topological polar surface area (TPSA) is 62.2 Å². The molecule has 94 valence electrons. The Morgan fingerprint density at radius 2 is 2.24 bits per heavy atom. The van der Waals surface area contributed by atoms with E-state index in [2.05, 4.69) is 10.3 Å². The van der Waals surface area contributed by atoms with Gasteiger partial charge in [-0.25, -0.2) is 4.98 Å². The van der Waals surface area contributed by atoms with E-state index in [4.69, 9.17) is 28.3 Å². The number of carbonyl (C=O) groups excluding carboxylic acids is 1. The lowest BCUT2D eigenvalue weighted by molar-refractivity contribution is 0.0929. The van der Waals surface area contributed by atoms with Crippen molar-refractivity contribution in [3.63, 3.8) is 0 Å². The zero-order valence-electron chi connectivity index (χ0n) is 9.41. The molecule has 17 heavy (non-hydrogen) atoms. The van der Waals surface area contributed by atoms with Crippen LogP contribution in [0, 0.1) is 0 Å². The van der Waals surface area contributed by atoms with E-state index in [-0.39, 0.29) is 34.4 Å². The second-order valence-electron chi connectivity index (χ2n) is 3.56. The van der Waals surface area contributed by atoms with Gasteiger partial charge in [-0.3, -0.25) is 4.79 Å². The number of carbonyl (C=O) groups is 1. The van der Waals surface area contributed by atoms with Crippen molar-refractivity contribution >= 4 is 29.1 Å². The smallest absolute Gasteiger partial charge is 0.254 e. The van der Waals surface area contributed by atoms with Crippen LogP contribution >= 0.6 is 23.2 Å². The first-order valence-corrected chi connectivity index (χ1v) is 6.07. The summed E-state index contributed by atoms with van der Waals surface area (Å²) in [7, 11) is 0. The summed E-state index contributed by atoms with van der Waals surface area (Å²) in [6, 6.07) is 2.97. The Morgan fingerprint density at radius 3 is 2.76 bits per heavy atom. The van der Waals surface area contributed by atoms with Gasteiger partial charge in [0.2, 0.25) is 0 Å². The molecule has 0 saturated carbocycles. The summed E-state index contributed by atoms with van der Waals surface area (Å²) >= 11 is 11.5. The number of halogens is 2. The van der Waals surface area contributed by atoms with Gasteiger partial charge in [0.05, 0.1) is 5.56 Å². The molecule has 0 radical (unpaired) electrons. The summed E-state index contributed by atoms with van der Waals surface area (Å²) in [5.74, 6) is -0.306. The SMILES string of the molecule is CCC(CCO)NC(=O)c1ccc(Cl)nc1Cl. The van der Waals surface area contributed by atoms with Crippen LogP contribution < -0.4 is 5.32 Å². The summed E-state index contributed by atoms with van der Waals surface area (Å²) in [6.45, 7) is 1.97. The molecule has 1 amide bonds. The number of amides is 1. The number of aliphatic hydroxyl groups excluding tert-OH is 1. The molecule has 1 rings (SSSR count). The Kier molecular flexibility index (Phi) is 5.68. The molecule has 0 saturated heterocycles. The van der Waals surface area contributed by atoms with Crippen LogP contribution in [0.5, 0.6) is 0 Å². The maximum absolute atomic E-state index is 11.9. The molecule has 0 fully saturated rings. The van der Waals surface area contributed by atoms with Crippen molar-refractivity contribution in [2.24, 2.45) is 0 Å². The van der Waals surface area contributed by atoms with E-state index in [0.29, 0.717) is 6.42 Å². The average molecular weight is 277 g/mol. The van der Waals surface area contributed by atoms with Crippen molar-refractivity contribution in [2.45, 2.75) is 25.8 Å². The second-order valence-corrected chi connectivity index (χ2v) is 4.31. The normalized spacial score (nSPS) is 12.2. The first-order chi connectivity index (χ1) is 8.08. The lowest BCUT2D eigenvalue weighted by Crippen LogP contribution is -2.35. The van der Waals surface area contributed by atoms with Gasteiger partial charge >= 0.3 is 0 Å². The second kappa shape index (κ2) is 6.79. The van der Waals surface area contributed by atoms with E-state index in [1.165, 1.54) is 12.1 Å². The summed E-state index contributed by atoms with van der Waals surface area (Å²) in [4.78, 5) is 15.7. The summed E-state index contributed by atoms with van der Waals surface area (Å²) < 4.78 is 0. The molecule has 4 nitrogen and oxygen atoms in total. The number of aromatic nitrogens is 1. The van der Waals surface area contributed by atoms with Crippen LogP contribution in [0.2, 0.25) is 10.3 Å². The fourth-order valence-corrected chi connectivity index (χ4v) is 1.81. The van der Waals surface area contributed by atoms with Crippen LogP contribution in [0.15, 0.2) is 12.1 Å². The number of nitrogens with one attached hydrogen (secondary N) is 1. The molecule has 1 unspecified atom stereocenters. The Morgan fingerprint density at radius 1 is 1.53 bits per heavy atom. The van der Waals surface area contributed by atoms with Gasteiger partial charge in [0.25, 0.3) is 5.91 Å². The van der Waals surface area contributed by atoms with E-state index in [1.807, 2.05) is 6.92 Å². The molecular formula is C11H14Cl2N2O2. The van der Waals surface area contributed by atoms with Gasteiger partial charge in [-0.1, -0.05) is 30.1 Å². The number of nitrogens with zero attached hydrogens (tertiary/aromatic N) is 1. The Hall–Kier alpha value is -0.840. The molecule has 1 atom stereocenters. The Balaban J connectivity index is 2.75. The van der Waals surface area contributed by atoms with Crippen molar-refractivity contribution in [2.75, 3.05) is 6.61 Å². The quantitative estimate of drug-likeness (QED) is 0.812. The first-order valence-electron chi connectivity index (χ1n) is 5.32. The molecule has 1 aromatic rings. The standard InChI is InChI=1S/C11H14Cl2N2O2/c1-2-7(5-6-16)14-11(17)8-3-4-9(12)15-10(8)13/h3-4,7,16H,2,5-6H2,1H3,(H,14,17). The maximum Gasteiger partial charge on any atom is 0.254 e. The predicted octanol–water partition coefficient (Wildman–Crippen LogP) is 2.28. The lowest BCUT2D eigenvalue weighted by Gasteiger charge is -2.15. The largest absolute Gasteiger partial charge is 0.396 e. The van der Waals surface area contributed by atoms with Crippen LogP contribution in [-0.2, 0) is 0 Å². The molecule has 2 N–H and O–H groups in total. The highest BCUT2D eigenvalue weighted by molar-refractivity contribution is 6.34. The van der Waals surface area contributed by atoms with Crippen molar-refractivity contribution in [1.82, 2.24) is 10.3 Å². The number of pyridine rings is 1. The molecule has 1 heterocycles. The van der Waals surface area contributed by atoms with Crippen molar-refractivity contribution in [1.29, 1.82) is 0 Å². The maximum atomic E-state index is 11.9. The van der Waals surface area contributed by atoms with Gasteiger partial charge in [-0.05, 0) is 25.0 Å². The van der Waals surface area contributed by atoms with Crippen LogP contribution in [0.25, 0.3) is 0 Å². The lowest BCUT2D eigenvalue weighted by atomic mass is 10.1. The van der Waals surface area contributed by atoms with Gasteiger partial charge in [-0.2, -0.15) is 0 Å². The van der Waals surface area contributed by atoms with Gasteiger partial charge in [0.1, 0.15) is 10.3 Å². The van der Waals surface area contributed by atoms with Gasteiger partial charge < -0.3 is 10.4 Å². The predicted molar refractivity (Wildman–Crippen MR) is 67.5 cm³/mol. The van der Waals surface area contributed by atoms with Crippen LogP contribution in [0.1, 0.15) is 30.1 Å². The molecular weight excluding hydrogens is 263 g/mol. The highest BCUT2D eigenvalue weighted by Crippen LogP contribution is 2.16. The fourth-order valence-electron chi connectivity index (χ4n) is 1.38. The zero-order valence-corrected chi connectivity index (χ0v) is 10.9. The number of aliphatic hydroxyl groups is 1. The summed E-state index contributed by atoms with van der Waals surface area (Å²) in [5.41, 5.74) is 0.285. The number of hydrogen-bond donors (Lipinski definition) is 2. The van der Waals surface area contributed by atoms with E-state index < -0.39 is 0 Å². The summed E-state index contributed by atoms with van der Waals surface area (Å²) in [5, 5.41) is 11.9. The van der Waals surface area contributed by atoms with Gasteiger partial charge in [0, 0.05) is 12.6 Å². The van der Waals surface area contributed by atoms with Crippen LogP contribution in [0.4, 0.5) is 0 Å². The molecule has 0 aliphatic heterocycles. The van der Waals surface area contributed by atoms with Crippen molar-refractivity contribution in [3.8, 4) is 0 Å².